The highest BCUT2D eigenvalue weighted by Gasteiger charge is 2.23. The molecule has 1 rings (SSSR count). The quantitative estimate of drug-likeness (QED) is 0.381. The van der Waals surface area contributed by atoms with Crippen molar-refractivity contribution in [1.29, 1.82) is 0 Å². The highest BCUT2D eigenvalue weighted by molar-refractivity contribution is 6.29. The summed E-state index contributed by atoms with van der Waals surface area (Å²) in [6.45, 7) is 0. The van der Waals surface area contributed by atoms with Gasteiger partial charge in [-0.15, -0.1) is 0 Å². The van der Waals surface area contributed by atoms with E-state index in [1.54, 1.807) is 6.08 Å². The van der Waals surface area contributed by atoms with E-state index in [0.29, 0.717) is 12.0 Å². The summed E-state index contributed by atoms with van der Waals surface area (Å²) in [5, 5.41) is 0.201. The third-order valence-electron chi connectivity index (χ3n) is 1.23. The van der Waals surface area contributed by atoms with Crippen LogP contribution >= 0.6 is 11.6 Å². The van der Waals surface area contributed by atoms with Gasteiger partial charge < -0.3 is 16.2 Å². The van der Waals surface area contributed by atoms with E-state index in [4.69, 9.17) is 27.8 Å². The topological polar surface area (TPSA) is 61.3 Å². The van der Waals surface area contributed by atoms with Crippen LogP contribution in [0.25, 0.3) is 0 Å². The maximum Gasteiger partial charge on any atom is 0.184 e. The van der Waals surface area contributed by atoms with Gasteiger partial charge in [0.1, 0.15) is 6.10 Å². The molecule has 1 aliphatic carbocycles. The number of halogens is 1. The molecule has 1 aliphatic rings. The van der Waals surface area contributed by atoms with Crippen molar-refractivity contribution in [2.24, 2.45) is 11.5 Å². The lowest BCUT2D eigenvalue weighted by atomic mass is 10.5. The predicted octanol–water partition coefficient (Wildman–Crippen LogP) is 1.00. The van der Waals surface area contributed by atoms with Gasteiger partial charge in [-0.05, 0) is 18.9 Å². The number of hydrogen-bond acceptors (Lipinski definition) is 3. The van der Waals surface area contributed by atoms with Crippen molar-refractivity contribution in [2.75, 3.05) is 0 Å². The monoisotopic (exact) mass is 174 g/mol. The highest BCUT2D eigenvalue weighted by atomic mass is 35.5. The molecular weight excluding hydrogens is 164 g/mol. The minimum atomic E-state index is 0.201. The molecule has 0 bridgehead atoms. The second-order valence-corrected chi connectivity index (χ2v) is 2.87. The van der Waals surface area contributed by atoms with Crippen LogP contribution in [0, 0.1) is 0 Å². The summed E-state index contributed by atoms with van der Waals surface area (Å²) in [5.74, 6) is 0.371. The first-order valence-electron chi connectivity index (χ1n) is 3.43. The molecule has 0 unspecified atom stereocenters. The van der Waals surface area contributed by atoms with Crippen LogP contribution in [-0.4, -0.2) is 6.10 Å². The van der Waals surface area contributed by atoms with Crippen LogP contribution in [0.15, 0.2) is 23.2 Å². The first-order chi connectivity index (χ1) is 5.18. The van der Waals surface area contributed by atoms with Gasteiger partial charge in [0.25, 0.3) is 0 Å². The molecule has 4 heteroatoms. The Bertz CT molecular complexity index is 193. The average molecular weight is 175 g/mol. The first-order valence-corrected chi connectivity index (χ1v) is 3.81. The molecule has 1 saturated carbocycles. The van der Waals surface area contributed by atoms with E-state index in [1.807, 2.05) is 0 Å². The van der Waals surface area contributed by atoms with Gasteiger partial charge in [0.05, 0.1) is 5.16 Å². The largest absolute Gasteiger partial charge is 0.476 e. The zero-order valence-corrected chi connectivity index (χ0v) is 6.84. The van der Waals surface area contributed by atoms with Crippen LogP contribution in [0.5, 0.6) is 0 Å². The van der Waals surface area contributed by atoms with Crippen LogP contribution in [0.4, 0.5) is 0 Å². The second kappa shape index (κ2) is 3.53. The van der Waals surface area contributed by atoms with Crippen molar-refractivity contribution in [1.82, 2.24) is 0 Å². The summed E-state index contributed by atoms with van der Waals surface area (Å²) in [6, 6.07) is 0. The SMILES string of the molecule is N/C(Cl)=C\C=C(/N)OC1CC1. The van der Waals surface area contributed by atoms with E-state index < -0.39 is 0 Å². The fourth-order valence-corrected chi connectivity index (χ4v) is 0.642. The minimum absolute atomic E-state index is 0.201. The van der Waals surface area contributed by atoms with Gasteiger partial charge in [0.2, 0.25) is 0 Å². The predicted molar refractivity (Wildman–Crippen MR) is 44.5 cm³/mol. The van der Waals surface area contributed by atoms with Gasteiger partial charge in [0.15, 0.2) is 5.88 Å². The van der Waals surface area contributed by atoms with Gasteiger partial charge in [0, 0.05) is 6.08 Å². The van der Waals surface area contributed by atoms with Gasteiger partial charge in [-0.1, -0.05) is 11.6 Å². The Balaban J connectivity index is 2.31. The Kier molecular flexibility index (Phi) is 2.65. The van der Waals surface area contributed by atoms with Crippen molar-refractivity contribution in [2.45, 2.75) is 18.9 Å². The fourth-order valence-electron chi connectivity index (χ4n) is 0.579. The summed E-state index contributed by atoms with van der Waals surface area (Å²) < 4.78 is 5.19. The van der Waals surface area contributed by atoms with Crippen molar-refractivity contribution < 1.29 is 4.74 Å². The second-order valence-electron chi connectivity index (χ2n) is 2.44. The lowest BCUT2D eigenvalue weighted by molar-refractivity contribution is 0.194. The molecule has 0 atom stereocenters. The first kappa shape index (κ1) is 8.27. The number of ether oxygens (including phenoxy) is 1. The summed E-state index contributed by atoms with van der Waals surface area (Å²) in [6.07, 6.45) is 5.56. The molecule has 0 amide bonds. The Hall–Kier alpha value is -0.830. The maximum absolute atomic E-state index is 5.44. The van der Waals surface area contributed by atoms with Crippen LogP contribution in [0.3, 0.4) is 0 Å². The molecule has 0 radical (unpaired) electrons. The summed E-state index contributed by atoms with van der Waals surface area (Å²) >= 11 is 5.36. The number of allylic oxidation sites excluding steroid dienone is 2. The van der Waals surface area contributed by atoms with Crippen LogP contribution in [0.2, 0.25) is 0 Å². The zero-order valence-electron chi connectivity index (χ0n) is 6.09. The number of nitrogens with two attached hydrogens (primary N) is 2. The van der Waals surface area contributed by atoms with Gasteiger partial charge in [-0.25, -0.2) is 0 Å². The third-order valence-corrected chi connectivity index (χ3v) is 1.36. The molecule has 0 aliphatic heterocycles. The molecule has 3 nitrogen and oxygen atoms in total. The molecule has 1 fully saturated rings. The molecule has 0 aromatic carbocycles. The molecular formula is C7H11ClN2O. The summed E-state index contributed by atoms with van der Waals surface area (Å²) in [5.41, 5.74) is 10.6. The van der Waals surface area contributed by atoms with Crippen LogP contribution in [0.1, 0.15) is 12.8 Å². The molecule has 62 valence electrons. The Morgan fingerprint density at radius 2 is 2.00 bits per heavy atom. The van der Waals surface area contributed by atoms with Crippen molar-refractivity contribution in [3.05, 3.63) is 23.2 Å². The highest BCUT2D eigenvalue weighted by Crippen LogP contribution is 2.24. The van der Waals surface area contributed by atoms with Crippen molar-refractivity contribution in [3.63, 3.8) is 0 Å². The fraction of sp³-hybridized carbons (Fsp3) is 0.429. The average Bonchev–Trinajstić information content (AvgIpc) is 2.67. The molecule has 0 heterocycles. The smallest absolute Gasteiger partial charge is 0.184 e. The lowest BCUT2D eigenvalue weighted by Gasteiger charge is -2.00. The zero-order chi connectivity index (χ0) is 8.27. The molecule has 4 N–H and O–H groups in total. The maximum atomic E-state index is 5.44. The molecule has 0 saturated heterocycles. The van der Waals surface area contributed by atoms with E-state index in [1.165, 1.54) is 6.08 Å². The summed E-state index contributed by atoms with van der Waals surface area (Å²) in [4.78, 5) is 0. The third kappa shape index (κ3) is 3.78. The lowest BCUT2D eigenvalue weighted by Crippen LogP contribution is -2.03. The molecule has 0 aromatic heterocycles. The molecule has 0 spiro atoms. The van der Waals surface area contributed by atoms with E-state index in [0.717, 1.165) is 12.8 Å². The van der Waals surface area contributed by atoms with Crippen molar-refractivity contribution in [3.8, 4) is 0 Å². The van der Waals surface area contributed by atoms with Crippen LogP contribution < -0.4 is 11.5 Å². The van der Waals surface area contributed by atoms with Crippen LogP contribution in [-0.2, 0) is 4.74 Å². The van der Waals surface area contributed by atoms with E-state index >= 15 is 0 Å². The Labute approximate surface area is 70.6 Å². The molecule has 11 heavy (non-hydrogen) atoms. The van der Waals surface area contributed by atoms with Crippen molar-refractivity contribution >= 4 is 11.6 Å². The van der Waals surface area contributed by atoms with Gasteiger partial charge in [-0.3, -0.25) is 0 Å². The number of rotatable bonds is 3. The summed E-state index contributed by atoms with van der Waals surface area (Å²) in [7, 11) is 0. The Morgan fingerprint density at radius 1 is 1.36 bits per heavy atom. The molecule has 0 aromatic rings. The van der Waals surface area contributed by atoms with E-state index in [9.17, 15) is 0 Å². The minimum Gasteiger partial charge on any atom is -0.476 e. The van der Waals surface area contributed by atoms with Gasteiger partial charge >= 0.3 is 0 Å². The van der Waals surface area contributed by atoms with E-state index in [-0.39, 0.29) is 5.16 Å². The number of hydrogen-bond donors (Lipinski definition) is 2. The Morgan fingerprint density at radius 3 is 2.45 bits per heavy atom. The normalized spacial score (nSPS) is 20.1. The van der Waals surface area contributed by atoms with Gasteiger partial charge in [-0.2, -0.15) is 0 Å². The van der Waals surface area contributed by atoms with E-state index in [2.05, 4.69) is 0 Å². The standard InChI is InChI=1S/C7H11ClN2O/c8-6(9)3-4-7(10)11-5-1-2-5/h3-5H,1-2,9-10H2/b6-3-,7-4+.